The van der Waals surface area contributed by atoms with E-state index in [0.29, 0.717) is 24.9 Å². The Morgan fingerprint density at radius 1 is 1.48 bits per heavy atom. The summed E-state index contributed by atoms with van der Waals surface area (Å²) in [6.07, 6.45) is 1.77. The normalized spacial score (nSPS) is 19.5. The molecule has 0 amide bonds. The summed E-state index contributed by atoms with van der Waals surface area (Å²) in [6.45, 7) is 9.06. The number of furan rings is 1. The van der Waals surface area contributed by atoms with E-state index in [1.165, 1.54) is 0 Å². The van der Waals surface area contributed by atoms with Crippen LogP contribution in [0.15, 0.2) is 20.0 Å². The first-order valence-electron chi connectivity index (χ1n) is 7.19. The van der Waals surface area contributed by atoms with Crippen molar-refractivity contribution in [3.8, 4) is 0 Å². The SMILES string of the molecule is CC(C)NCc1cc(S(=O)(=O)N2CCCC2(C)C)c(Br)o1. The van der Waals surface area contributed by atoms with Gasteiger partial charge in [0.2, 0.25) is 10.0 Å². The molecule has 1 aliphatic rings. The number of sulfonamides is 1. The average molecular weight is 379 g/mol. The van der Waals surface area contributed by atoms with Gasteiger partial charge in [0.15, 0.2) is 4.67 Å². The maximum atomic E-state index is 12.8. The minimum Gasteiger partial charge on any atom is -0.452 e. The highest BCUT2D eigenvalue weighted by molar-refractivity contribution is 9.10. The van der Waals surface area contributed by atoms with Gasteiger partial charge in [0.05, 0.1) is 6.54 Å². The molecule has 1 aromatic rings. The van der Waals surface area contributed by atoms with Gasteiger partial charge < -0.3 is 9.73 Å². The Bertz CT molecular complexity index is 608. The summed E-state index contributed by atoms with van der Waals surface area (Å²) in [4.78, 5) is 0.220. The molecular weight excluding hydrogens is 356 g/mol. The fourth-order valence-corrected chi connectivity index (χ4v) is 5.42. The number of halogens is 1. The molecule has 0 bridgehead atoms. The van der Waals surface area contributed by atoms with Gasteiger partial charge in [-0.05, 0) is 42.6 Å². The number of hydrogen-bond donors (Lipinski definition) is 1. The maximum absolute atomic E-state index is 12.8. The number of nitrogens with one attached hydrogen (secondary N) is 1. The zero-order valence-corrected chi connectivity index (χ0v) is 15.3. The lowest BCUT2D eigenvalue weighted by Gasteiger charge is -2.30. The summed E-state index contributed by atoms with van der Waals surface area (Å²) < 4.78 is 33.1. The Morgan fingerprint density at radius 3 is 2.67 bits per heavy atom. The Balaban J connectivity index is 2.28. The third-order valence-electron chi connectivity index (χ3n) is 3.78. The molecule has 1 aliphatic heterocycles. The molecule has 1 N–H and O–H groups in total. The second-order valence-corrected chi connectivity index (χ2v) is 8.93. The average Bonchev–Trinajstić information content (AvgIpc) is 2.89. The molecule has 21 heavy (non-hydrogen) atoms. The first kappa shape index (κ1) is 17.0. The van der Waals surface area contributed by atoms with Gasteiger partial charge in [-0.2, -0.15) is 4.31 Å². The van der Waals surface area contributed by atoms with Crippen LogP contribution in [0.25, 0.3) is 0 Å². The highest BCUT2D eigenvalue weighted by Gasteiger charge is 2.42. The van der Waals surface area contributed by atoms with E-state index in [4.69, 9.17) is 4.42 Å². The summed E-state index contributed by atoms with van der Waals surface area (Å²) in [7, 11) is -3.53. The van der Waals surface area contributed by atoms with E-state index < -0.39 is 10.0 Å². The summed E-state index contributed by atoms with van der Waals surface area (Å²) >= 11 is 3.24. The highest BCUT2D eigenvalue weighted by atomic mass is 79.9. The lowest BCUT2D eigenvalue weighted by atomic mass is 10.0. The number of nitrogens with zero attached hydrogens (tertiary/aromatic N) is 1. The maximum Gasteiger partial charge on any atom is 0.247 e. The van der Waals surface area contributed by atoms with E-state index >= 15 is 0 Å². The predicted octanol–water partition coefficient (Wildman–Crippen LogP) is 3.10. The largest absolute Gasteiger partial charge is 0.452 e. The summed E-state index contributed by atoms with van der Waals surface area (Å²) in [6, 6.07) is 1.93. The fourth-order valence-electron chi connectivity index (χ4n) is 2.61. The van der Waals surface area contributed by atoms with Gasteiger partial charge in [0.1, 0.15) is 10.7 Å². The lowest BCUT2D eigenvalue weighted by Crippen LogP contribution is -2.42. The Morgan fingerprint density at radius 2 is 2.14 bits per heavy atom. The quantitative estimate of drug-likeness (QED) is 0.854. The molecule has 0 spiro atoms. The van der Waals surface area contributed by atoms with Crippen LogP contribution in [0, 0.1) is 0 Å². The van der Waals surface area contributed by atoms with E-state index in [9.17, 15) is 8.42 Å². The van der Waals surface area contributed by atoms with Crippen molar-refractivity contribution in [3.05, 3.63) is 16.5 Å². The van der Waals surface area contributed by atoms with Crippen molar-refractivity contribution in [2.75, 3.05) is 6.54 Å². The van der Waals surface area contributed by atoms with Crippen LogP contribution in [0.2, 0.25) is 0 Å². The second-order valence-electron chi connectivity index (χ2n) is 6.38. The van der Waals surface area contributed by atoms with Crippen LogP contribution >= 0.6 is 15.9 Å². The van der Waals surface area contributed by atoms with Crippen LogP contribution in [0.4, 0.5) is 0 Å². The molecular formula is C14H23BrN2O3S. The molecule has 120 valence electrons. The Labute approximate surface area is 135 Å². The van der Waals surface area contributed by atoms with Crippen molar-refractivity contribution in [2.45, 2.75) is 63.6 Å². The van der Waals surface area contributed by atoms with Gasteiger partial charge in [-0.15, -0.1) is 0 Å². The lowest BCUT2D eigenvalue weighted by molar-refractivity contribution is 0.291. The van der Waals surface area contributed by atoms with Crippen LogP contribution in [-0.4, -0.2) is 30.8 Å². The molecule has 0 atom stereocenters. The molecule has 1 fully saturated rings. The first-order chi connectivity index (χ1) is 9.64. The van der Waals surface area contributed by atoms with Crippen molar-refractivity contribution >= 4 is 26.0 Å². The standard InChI is InChI=1S/C14H23BrN2O3S/c1-10(2)16-9-11-8-12(13(15)20-11)21(18,19)17-7-5-6-14(17,3)4/h8,10,16H,5-7,9H2,1-4H3. The molecule has 1 aromatic heterocycles. The third kappa shape index (κ3) is 3.52. The van der Waals surface area contributed by atoms with Crippen molar-refractivity contribution in [1.29, 1.82) is 0 Å². The minimum absolute atomic E-state index is 0.220. The molecule has 0 aliphatic carbocycles. The molecule has 0 aromatic carbocycles. The molecule has 0 unspecified atom stereocenters. The summed E-state index contributed by atoms with van der Waals surface area (Å²) in [5, 5.41) is 3.22. The first-order valence-corrected chi connectivity index (χ1v) is 9.42. The Kier molecular flexibility index (Phi) is 4.87. The second kappa shape index (κ2) is 6.02. The molecule has 2 heterocycles. The van der Waals surface area contributed by atoms with Crippen LogP contribution in [0.3, 0.4) is 0 Å². The summed E-state index contributed by atoms with van der Waals surface area (Å²) in [5.41, 5.74) is -0.341. The van der Waals surface area contributed by atoms with E-state index in [1.54, 1.807) is 10.4 Å². The van der Waals surface area contributed by atoms with Gasteiger partial charge in [-0.3, -0.25) is 0 Å². The molecule has 5 nitrogen and oxygen atoms in total. The van der Waals surface area contributed by atoms with E-state index in [-0.39, 0.29) is 15.1 Å². The zero-order valence-electron chi connectivity index (χ0n) is 12.9. The van der Waals surface area contributed by atoms with Gasteiger partial charge in [0.25, 0.3) is 0 Å². The van der Waals surface area contributed by atoms with Gasteiger partial charge in [-0.25, -0.2) is 8.42 Å². The Hall–Kier alpha value is -0.370. The van der Waals surface area contributed by atoms with E-state index in [2.05, 4.69) is 21.2 Å². The predicted molar refractivity (Wildman–Crippen MR) is 85.6 cm³/mol. The minimum atomic E-state index is -3.53. The van der Waals surface area contributed by atoms with Crippen molar-refractivity contribution in [2.24, 2.45) is 0 Å². The van der Waals surface area contributed by atoms with Gasteiger partial charge in [-0.1, -0.05) is 13.8 Å². The van der Waals surface area contributed by atoms with Crippen molar-refractivity contribution in [3.63, 3.8) is 0 Å². The topological polar surface area (TPSA) is 62.6 Å². The highest BCUT2D eigenvalue weighted by Crippen LogP contribution is 2.37. The molecule has 0 radical (unpaired) electrons. The smallest absolute Gasteiger partial charge is 0.247 e. The van der Waals surface area contributed by atoms with E-state index in [0.717, 1.165) is 12.8 Å². The molecule has 1 saturated heterocycles. The van der Waals surface area contributed by atoms with Gasteiger partial charge >= 0.3 is 0 Å². The van der Waals surface area contributed by atoms with E-state index in [1.807, 2.05) is 27.7 Å². The molecule has 0 saturated carbocycles. The van der Waals surface area contributed by atoms with Crippen molar-refractivity contribution < 1.29 is 12.8 Å². The van der Waals surface area contributed by atoms with Crippen LogP contribution in [0.5, 0.6) is 0 Å². The molecule has 7 heteroatoms. The fraction of sp³-hybridized carbons (Fsp3) is 0.714. The monoisotopic (exact) mass is 378 g/mol. The number of hydrogen-bond acceptors (Lipinski definition) is 4. The molecule has 2 rings (SSSR count). The van der Waals surface area contributed by atoms with Crippen LogP contribution in [-0.2, 0) is 16.6 Å². The van der Waals surface area contributed by atoms with Gasteiger partial charge in [0, 0.05) is 24.2 Å². The van der Waals surface area contributed by atoms with Crippen molar-refractivity contribution in [1.82, 2.24) is 9.62 Å². The summed E-state index contributed by atoms with van der Waals surface area (Å²) in [5.74, 6) is 0.617. The van der Waals surface area contributed by atoms with Crippen LogP contribution < -0.4 is 5.32 Å². The van der Waals surface area contributed by atoms with Crippen LogP contribution in [0.1, 0.15) is 46.3 Å². The zero-order chi connectivity index (χ0) is 15.8. The number of rotatable bonds is 5. The third-order valence-corrected chi connectivity index (χ3v) is 6.75.